The summed E-state index contributed by atoms with van der Waals surface area (Å²) < 4.78 is 51.0. The molecule has 2 rings (SSSR count). The van der Waals surface area contributed by atoms with Crippen LogP contribution in [0.5, 0.6) is 5.75 Å². The van der Waals surface area contributed by atoms with Gasteiger partial charge in [-0.2, -0.15) is 13.2 Å². The highest BCUT2D eigenvalue weighted by Crippen LogP contribution is 2.29. The van der Waals surface area contributed by atoms with Crippen LogP contribution in [-0.2, 0) is 19.3 Å². The molecule has 0 fully saturated rings. The maximum absolute atomic E-state index is 13.3. The summed E-state index contributed by atoms with van der Waals surface area (Å²) in [5, 5.41) is 15.2. The van der Waals surface area contributed by atoms with Gasteiger partial charge in [0.15, 0.2) is 17.5 Å². The average Bonchev–Trinajstić information content (AvgIpc) is 2.60. The second-order valence-electron chi connectivity index (χ2n) is 5.53. The molecule has 0 aliphatic heterocycles. The van der Waals surface area contributed by atoms with Crippen LogP contribution in [0.1, 0.15) is 23.6 Å². The smallest absolute Gasteiger partial charge is 0.416 e. The van der Waals surface area contributed by atoms with Crippen molar-refractivity contribution in [3.05, 3.63) is 65.0 Å². The van der Waals surface area contributed by atoms with Gasteiger partial charge in [-0.05, 0) is 42.3 Å². The Morgan fingerprint density at radius 2 is 1.69 bits per heavy atom. The fourth-order valence-corrected chi connectivity index (χ4v) is 2.16. The SMILES string of the molecule is CCNC(=NCc1ccc(O)c(F)c1)NCc1ccc(C(F)(F)F)cc1. The zero-order valence-corrected chi connectivity index (χ0v) is 14.1. The van der Waals surface area contributed by atoms with E-state index in [0.717, 1.165) is 12.1 Å². The lowest BCUT2D eigenvalue weighted by molar-refractivity contribution is -0.137. The Morgan fingerprint density at radius 3 is 2.27 bits per heavy atom. The maximum Gasteiger partial charge on any atom is 0.416 e. The molecule has 140 valence electrons. The number of hydrogen-bond acceptors (Lipinski definition) is 2. The topological polar surface area (TPSA) is 56.7 Å². The molecule has 2 aromatic rings. The van der Waals surface area contributed by atoms with Crippen LogP contribution in [-0.4, -0.2) is 17.6 Å². The van der Waals surface area contributed by atoms with E-state index in [1.54, 1.807) is 6.07 Å². The van der Waals surface area contributed by atoms with Gasteiger partial charge in [0.1, 0.15) is 0 Å². The summed E-state index contributed by atoms with van der Waals surface area (Å²) in [5.74, 6) is -0.702. The van der Waals surface area contributed by atoms with Crippen molar-refractivity contribution in [2.75, 3.05) is 6.54 Å². The molecule has 0 radical (unpaired) electrons. The highest BCUT2D eigenvalue weighted by atomic mass is 19.4. The highest BCUT2D eigenvalue weighted by molar-refractivity contribution is 5.79. The van der Waals surface area contributed by atoms with Crippen molar-refractivity contribution in [2.24, 2.45) is 4.99 Å². The number of nitrogens with one attached hydrogen (secondary N) is 2. The summed E-state index contributed by atoms with van der Waals surface area (Å²) in [6.07, 6.45) is -4.36. The van der Waals surface area contributed by atoms with Crippen LogP contribution in [0.3, 0.4) is 0 Å². The minimum Gasteiger partial charge on any atom is -0.505 e. The van der Waals surface area contributed by atoms with Crippen LogP contribution in [0.15, 0.2) is 47.5 Å². The van der Waals surface area contributed by atoms with Crippen molar-refractivity contribution in [3.8, 4) is 5.75 Å². The first kappa shape index (κ1) is 19.6. The molecule has 0 amide bonds. The van der Waals surface area contributed by atoms with Crippen LogP contribution in [0, 0.1) is 5.82 Å². The van der Waals surface area contributed by atoms with Gasteiger partial charge in [-0.3, -0.25) is 0 Å². The molecule has 3 N–H and O–H groups in total. The van der Waals surface area contributed by atoms with E-state index in [1.807, 2.05) is 6.92 Å². The van der Waals surface area contributed by atoms with Gasteiger partial charge in [0.05, 0.1) is 12.1 Å². The number of nitrogens with zero attached hydrogens (tertiary/aromatic N) is 1. The number of phenols is 1. The van der Waals surface area contributed by atoms with Gasteiger partial charge in [-0.1, -0.05) is 18.2 Å². The number of halogens is 4. The fraction of sp³-hybridized carbons (Fsp3) is 0.278. The molecule has 0 atom stereocenters. The molecule has 2 aromatic carbocycles. The second-order valence-corrected chi connectivity index (χ2v) is 5.53. The molecule has 0 saturated carbocycles. The number of rotatable bonds is 5. The Morgan fingerprint density at radius 1 is 1.04 bits per heavy atom. The van der Waals surface area contributed by atoms with Crippen molar-refractivity contribution >= 4 is 5.96 Å². The third-order valence-corrected chi connectivity index (χ3v) is 3.52. The Bertz CT molecular complexity index is 758. The summed E-state index contributed by atoms with van der Waals surface area (Å²) in [7, 11) is 0. The molecule has 0 unspecified atom stereocenters. The summed E-state index contributed by atoms with van der Waals surface area (Å²) in [6.45, 7) is 2.92. The molecular formula is C18H19F4N3O. The van der Waals surface area contributed by atoms with E-state index in [9.17, 15) is 22.7 Å². The summed E-state index contributed by atoms with van der Waals surface area (Å²) in [4.78, 5) is 4.29. The van der Waals surface area contributed by atoms with Crippen molar-refractivity contribution in [3.63, 3.8) is 0 Å². The predicted octanol–water partition coefficient (Wildman–Crippen LogP) is 3.81. The van der Waals surface area contributed by atoms with Gasteiger partial charge < -0.3 is 15.7 Å². The van der Waals surface area contributed by atoms with Gasteiger partial charge in [0, 0.05) is 13.1 Å². The first-order valence-electron chi connectivity index (χ1n) is 7.95. The molecule has 0 aliphatic carbocycles. The standard InChI is InChI=1S/C18H19F4N3O/c1-2-23-17(25-11-13-5-8-16(26)15(19)9-13)24-10-12-3-6-14(7-4-12)18(20,21)22/h3-9,26H,2,10-11H2,1H3,(H2,23,24,25). The molecule has 26 heavy (non-hydrogen) atoms. The Hall–Kier alpha value is -2.77. The third kappa shape index (κ3) is 5.65. The van der Waals surface area contributed by atoms with E-state index < -0.39 is 23.3 Å². The molecule has 0 aromatic heterocycles. The van der Waals surface area contributed by atoms with Crippen LogP contribution in [0.2, 0.25) is 0 Å². The van der Waals surface area contributed by atoms with Crippen molar-refractivity contribution in [1.29, 1.82) is 0 Å². The third-order valence-electron chi connectivity index (χ3n) is 3.52. The molecule has 0 heterocycles. The largest absolute Gasteiger partial charge is 0.505 e. The minimum absolute atomic E-state index is 0.180. The monoisotopic (exact) mass is 369 g/mol. The summed E-state index contributed by atoms with van der Waals surface area (Å²) in [5.41, 5.74) is 0.544. The lowest BCUT2D eigenvalue weighted by Crippen LogP contribution is -2.36. The average molecular weight is 369 g/mol. The summed E-state index contributed by atoms with van der Waals surface area (Å²) in [6, 6.07) is 8.85. The lowest BCUT2D eigenvalue weighted by Gasteiger charge is -2.12. The Labute approximate surface area is 148 Å². The zero-order chi connectivity index (χ0) is 19.2. The molecule has 0 aliphatic rings. The van der Waals surface area contributed by atoms with Gasteiger partial charge in [-0.25, -0.2) is 9.38 Å². The van der Waals surface area contributed by atoms with Crippen LogP contribution < -0.4 is 10.6 Å². The maximum atomic E-state index is 13.3. The van der Waals surface area contributed by atoms with Gasteiger partial charge in [0.25, 0.3) is 0 Å². The molecule has 4 nitrogen and oxygen atoms in total. The number of guanidine groups is 1. The van der Waals surface area contributed by atoms with Crippen LogP contribution in [0.25, 0.3) is 0 Å². The predicted molar refractivity (Wildman–Crippen MR) is 91.2 cm³/mol. The van der Waals surface area contributed by atoms with Crippen molar-refractivity contribution < 1.29 is 22.7 Å². The number of aliphatic imine (C=N–C) groups is 1. The number of alkyl halides is 3. The Kier molecular flexibility index (Phi) is 6.43. The molecule has 0 spiro atoms. The van der Waals surface area contributed by atoms with Gasteiger partial charge in [0.2, 0.25) is 0 Å². The quantitative estimate of drug-likeness (QED) is 0.427. The van der Waals surface area contributed by atoms with Crippen LogP contribution >= 0.6 is 0 Å². The number of phenolic OH excluding ortho intramolecular Hbond substituents is 1. The number of hydrogen-bond donors (Lipinski definition) is 3. The molecule has 8 heteroatoms. The van der Waals surface area contributed by atoms with E-state index in [1.165, 1.54) is 24.3 Å². The van der Waals surface area contributed by atoms with Gasteiger partial charge >= 0.3 is 6.18 Å². The normalized spacial score (nSPS) is 12.1. The summed E-state index contributed by atoms with van der Waals surface area (Å²) >= 11 is 0. The minimum atomic E-state index is -4.36. The first-order chi connectivity index (χ1) is 12.3. The Balaban J connectivity index is 1.99. The first-order valence-corrected chi connectivity index (χ1v) is 7.95. The van der Waals surface area contributed by atoms with Gasteiger partial charge in [-0.15, -0.1) is 0 Å². The van der Waals surface area contributed by atoms with E-state index >= 15 is 0 Å². The molecule has 0 bridgehead atoms. The molecule has 0 saturated heterocycles. The number of benzene rings is 2. The van der Waals surface area contributed by atoms with Crippen molar-refractivity contribution in [2.45, 2.75) is 26.2 Å². The van der Waals surface area contributed by atoms with E-state index in [4.69, 9.17) is 0 Å². The number of aromatic hydroxyl groups is 1. The van der Waals surface area contributed by atoms with E-state index in [0.29, 0.717) is 23.6 Å². The zero-order valence-electron chi connectivity index (χ0n) is 14.1. The fourth-order valence-electron chi connectivity index (χ4n) is 2.16. The lowest BCUT2D eigenvalue weighted by atomic mass is 10.1. The van der Waals surface area contributed by atoms with Crippen LogP contribution in [0.4, 0.5) is 17.6 Å². The van der Waals surface area contributed by atoms with E-state index in [-0.39, 0.29) is 13.1 Å². The highest BCUT2D eigenvalue weighted by Gasteiger charge is 2.29. The second kappa shape index (κ2) is 8.55. The van der Waals surface area contributed by atoms with E-state index in [2.05, 4.69) is 15.6 Å². The molecular weight excluding hydrogens is 350 g/mol. The van der Waals surface area contributed by atoms with Crippen molar-refractivity contribution in [1.82, 2.24) is 10.6 Å².